The van der Waals surface area contributed by atoms with Crippen molar-refractivity contribution < 1.29 is 8.42 Å². The van der Waals surface area contributed by atoms with Gasteiger partial charge in [-0.05, 0) is 40.5 Å². The van der Waals surface area contributed by atoms with Crippen molar-refractivity contribution in [2.45, 2.75) is 41.1 Å². The maximum absolute atomic E-state index is 13.3. The van der Waals surface area contributed by atoms with Crippen LogP contribution in [0.5, 0.6) is 0 Å². The predicted octanol–water partition coefficient (Wildman–Crippen LogP) is 4.74. The van der Waals surface area contributed by atoms with Crippen molar-refractivity contribution in [3.63, 3.8) is 0 Å². The highest BCUT2D eigenvalue weighted by Gasteiger charge is 2.38. The minimum atomic E-state index is -3.76. The highest BCUT2D eigenvalue weighted by Crippen LogP contribution is 2.52. The van der Waals surface area contributed by atoms with Gasteiger partial charge in [0.05, 0.1) is 16.2 Å². The van der Waals surface area contributed by atoms with Crippen molar-refractivity contribution >= 4 is 32.6 Å². The number of hydrogen-bond donors (Lipinski definition) is 2. The third-order valence-corrected chi connectivity index (χ3v) is 8.42. The van der Waals surface area contributed by atoms with Crippen molar-refractivity contribution in [3.05, 3.63) is 100.0 Å². The van der Waals surface area contributed by atoms with E-state index in [9.17, 15) is 13.2 Å². The normalized spacial score (nSPS) is 17.5. The number of rotatable bonds is 7. The van der Waals surface area contributed by atoms with Crippen molar-refractivity contribution in [1.82, 2.24) is 14.7 Å². The summed E-state index contributed by atoms with van der Waals surface area (Å²) in [5.41, 5.74) is 2.48. The maximum Gasteiger partial charge on any atom is 0.251 e. The summed E-state index contributed by atoms with van der Waals surface area (Å²) in [6, 6.07) is 21.3. The fourth-order valence-corrected chi connectivity index (χ4v) is 6.95. The lowest BCUT2D eigenvalue weighted by atomic mass is 10.1. The molecule has 2 N–H and O–H groups in total. The molecule has 5 rings (SSSR count). The summed E-state index contributed by atoms with van der Waals surface area (Å²) < 4.78 is 29.4. The zero-order valence-corrected chi connectivity index (χ0v) is 19.6. The quantitative estimate of drug-likeness (QED) is 0.375. The molecular weight excluding hydrogens is 454 g/mol. The Morgan fingerprint density at radius 3 is 2.45 bits per heavy atom. The molecule has 1 aromatic heterocycles. The molecule has 8 heteroatoms. The summed E-state index contributed by atoms with van der Waals surface area (Å²) >= 11 is 1.39. The maximum atomic E-state index is 13.3. The predicted molar refractivity (Wildman–Crippen MR) is 131 cm³/mol. The van der Waals surface area contributed by atoms with Gasteiger partial charge in [0.1, 0.15) is 0 Å². The van der Waals surface area contributed by atoms with Crippen LogP contribution in [0.3, 0.4) is 0 Å². The first-order valence-electron chi connectivity index (χ1n) is 10.8. The van der Waals surface area contributed by atoms with E-state index in [1.807, 2.05) is 43.3 Å². The van der Waals surface area contributed by atoms with Crippen molar-refractivity contribution in [2.24, 2.45) is 0 Å². The van der Waals surface area contributed by atoms with Crippen LogP contribution in [0.2, 0.25) is 0 Å². The summed E-state index contributed by atoms with van der Waals surface area (Å²) in [5.74, 6) is 0. The fraction of sp³-hybridized carbons (Fsp3) is 0.200. The SMILES string of the molecule is CCCc1cc(=O)[nH]c(S[C@H]2c3cccc4cccc(c34)[C@@H]2NS(=O)(=O)c2ccccc2)n1. The average molecular weight is 478 g/mol. The molecule has 0 unspecified atom stereocenters. The fourth-order valence-electron chi connectivity index (χ4n) is 4.37. The minimum absolute atomic E-state index is 0.203. The number of hydrogen-bond acceptors (Lipinski definition) is 5. The number of thioether (sulfide) groups is 1. The van der Waals surface area contributed by atoms with Crippen molar-refractivity contribution in [3.8, 4) is 0 Å². The molecule has 0 saturated heterocycles. The minimum Gasteiger partial charge on any atom is -0.301 e. The third-order valence-electron chi connectivity index (χ3n) is 5.77. The van der Waals surface area contributed by atoms with Crippen LogP contribution in [0, 0.1) is 0 Å². The van der Waals surface area contributed by atoms with E-state index in [4.69, 9.17) is 0 Å². The van der Waals surface area contributed by atoms with Gasteiger partial charge >= 0.3 is 0 Å². The van der Waals surface area contributed by atoms with Crippen LogP contribution in [0.25, 0.3) is 10.8 Å². The molecule has 4 aromatic rings. The van der Waals surface area contributed by atoms with E-state index in [-0.39, 0.29) is 15.7 Å². The van der Waals surface area contributed by atoms with E-state index in [0.29, 0.717) is 11.6 Å². The van der Waals surface area contributed by atoms with E-state index in [1.165, 1.54) is 17.8 Å². The lowest BCUT2D eigenvalue weighted by Crippen LogP contribution is -2.30. The number of H-pyrrole nitrogens is 1. The zero-order chi connectivity index (χ0) is 23.0. The molecule has 0 aliphatic heterocycles. The molecule has 3 aromatic carbocycles. The molecular formula is C25H23N3O3S2. The Balaban J connectivity index is 1.59. The third kappa shape index (κ3) is 4.21. The van der Waals surface area contributed by atoms with E-state index >= 15 is 0 Å². The van der Waals surface area contributed by atoms with Crippen molar-refractivity contribution in [2.75, 3.05) is 0 Å². The Morgan fingerprint density at radius 2 is 1.73 bits per heavy atom. The number of benzene rings is 3. The van der Waals surface area contributed by atoms with E-state index in [0.717, 1.165) is 34.0 Å². The molecule has 1 aliphatic carbocycles. The second-order valence-electron chi connectivity index (χ2n) is 8.03. The van der Waals surface area contributed by atoms with Gasteiger partial charge in [0.15, 0.2) is 5.16 Å². The van der Waals surface area contributed by atoms with E-state index in [2.05, 4.69) is 14.7 Å². The number of nitrogens with zero attached hydrogens (tertiary/aromatic N) is 1. The van der Waals surface area contributed by atoms with Crippen LogP contribution in [0.15, 0.2) is 87.6 Å². The van der Waals surface area contributed by atoms with Crippen LogP contribution in [0.4, 0.5) is 0 Å². The first kappa shape index (κ1) is 21.9. The molecule has 0 bridgehead atoms. The molecule has 33 heavy (non-hydrogen) atoms. The van der Waals surface area contributed by atoms with Gasteiger partial charge in [0.2, 0.25) is 10.0 Å². The molecule has 168 valence electrons. The molecule has 0 radical (unpaired) electrons. The number of aromatic nitrogens is 2. The summed E-state index contributed by atoms with van der Waals surface area (Å²) in [4.78, 5) is 19.9. The molecule has 1 heterocycles. The van der Waals surface area contributed by atoms with Gasteiger partial charge in [-0.2, -0.15) is 0 Å². The Morgan fingerprint density at radius 1 is 1.00 bits per heavy atom. The molecule has 0 saturated carbocycles. The Bertz CT molecular complexity index is 1480. The number of aryl methyl sites for hydroxylation is 1. The van der Waals surface area contributed by atoms with Gasteiger partial charge in [0, 0.05) is 11.8 Å². The van der Waals surface area contributed by atoms with Crippen LogP contribution in [-0.2, 0) is 16.4 Å². The van der Waals surface area contributed by atoms with Gasteiger partial charge in [-0.25, -0.2) is 18.1 Å². The standard InChI is InChI=1S/C25H23N3O3S2/c1-2-8-17-15-21(29)27-25(26-17)32-24-20-14-7-10-16-9-6-13-19(22(16)20)23(24)28-33(30,31)18-11-4-3-5-12-18/h3-7,9-15,23-24,28H,2,8H2,1H3,(H,26,27,29)/t23-,24-/m0/s1. The van der Waals surface area contributed by atoms with Gasteiger partial charge < -0.3 is 4.98 Å². The average Bonchev–Trinajstić information content (AvgIpc) is 3.08. The lowest BCUT2D eigenvalue weighted by molar-refractivity contribution is 0.557. The van der Waals surface area contributed by atoms with E-state index in [1.54, 1.807) is 30.3 Å². The first-order chi connectivity index (χ1) is 16.0. The highest BCUT2D eigenvalue weighted by molar-refractivity contribution is 7.99. The Hall–Kier alpha value is -2.94. The van der Waals surface area contributed by atoms with Gasteiger partial charge in [-0.1, -0.05) is 79.7 Å². The summed E-state index contributed by atoms with van der Waals surface area (Å²) in [5, 5.41) is 2.30. The molecule has 1 aliphatic rings. The van der Waals surface area contributed by atoms with Crippen LogP contribution in [0.1, 0.15) is 41.5 Å². The Kier molecular flexibility index (Phi) is 5.82. The van der Waals surface area contributed by atoms with E-state index < -0.39 is 16.1 Å². The Labute approximate surface area is 196 Å². The number of sulfonamides is 1. The summed E-state index contributed by atoms with van der Waals surface area (Å²) in [6.07, 6.45) is 1.59. The molecule has 6 nitrogen and oxygen atoms in total. The summed E-state index contributed by atoms with van der Waals surface area (Å²) in [7, 11) is -3.76. The lowest BCUT2D eigenvalue weighted by Gasteiger charge is -2.22. The zero-order valence-electron chi connectivity index (χ0n) is 18.0. The first-order valence-corrected chi connectivity index (χ1v) is 13.2. The highest BCUT2D eigenvalue weighted by atomic mass is 32.2. The van der Waals surface area contributed by atoms with Crippen LogP contribution >= 0.6 is 11.8 Å². The second kappa shape index (κ2) is 8.78. The molecule has 0 amide bonds. The molecule has 0 spiro atoms. The van der Waals surface area contributed by atoms with Gasteiger partial charge in [-0.15, -0.1) is 0 Å². The molecule has 0 fully saturated rings. The summed E-state index contributed by atoms with van der Waals surface area (Å²) in [6.45, 7) is 2.04. The van der Waals surface area contributed by atoms with Crippen molar-refractivity contribution in [1.29, 1.82) is 0 Å². The largest absolute Gasteiger partial charge is 0.301 e. The monoisotopic (exact) mass is 477 g/mol. The second-order valence-corrected chi connectivity index (χ2v) is 10.9. The van der Waals surface area contributed by atoms with Gasteiger partial charge in [0.25, 0.3) is 5.56 Å². The van der Waals surface area contributed by atoms with Crippen LogP contribution < -0.4 is 10.3 Å². The number of nitrogens with one attached hydrogen (secondary N) is 2. The smallest absolute Gasteiger partial charge is 0.251 e. The topological polar surface area (TPSA) is 91.9 Å². The number of aromatic amines is 1. The van der Waals surface area contributed by atoms with Crippen LogP contribution in [-0.4, -0.2) is 18.4 Å². The van der Waals surface area contributed by atoms with Gasteiger partial charge in [-0.3, -0.25) is 4.79 Å². The molecule has 2 atom stereocenters.